The molecule has 7 heteroatoms. The van der Waals surface area contributed by atoms with E-state index in [-0.39, 0.29) is 18.2 Å². The highest BCUT2D eigenvalue weighted by atomic mass is 35.5. The molecule has 5 rings (SSSR count). The van der Waals surface area contributed by atoms with E-state index in [1.54, 1.807) is 16.7 Å². The fourth-order valence-electron chi connectivity index (χ4n) is 4.50. The highest BCUT2D eigenvalue weighted by molar-refractivity contribution is 8.03. The summed E-state index contributed by atoms with van der Waals surface area (Å²) in [5.74, 6) is 1.22. The first-order chi connectivity index (χ1) is 17.6. The maximum absolute atomic E-state index is 13.2. The summed E-state index contributed by atoms with van der Waals surface area (Å²) in [6, 6.07) is 26.1. The maximum atomic E-state index is 13.2. The second-order valence-electron chi connectivity index (χ2n) is 8.87. The standard InChI is InChI=1S/C29H26ClN3O2S/c1-2-20-5-11-24(12-6-20)32-18-33-28(34)15-26(27(16-31)29(33)36-19-32)22-7-13-25(14-8-22)35-17-21-3-9-23(30)10-4-21/h3-14,26H,2,15,17-19H2,1H3/t26-/m0/s1. The van der Waals surface area contributed by atoms with Crippen molar-refractivity contribution in [1.82, 2.24) is 4.90 Å². The average molecular weight is 516 g/mol. The summed E-state index contributed by atoms with van der Waals surface area (Å²) in [6.07, 6.45) is 1.27. The molecule has 2 heterocycles. The van der Waals surface area contributed by atoms with Gasteiger partial charge < -0.3 is 9.64 Å². The number of amides is 1. The summed E-state index contributed by atoms with van der Waals surface area (Å²) in [5.41, 5.74) is 5.01. The van der Waals surface area contributed by atoms with Gasteiger partial charge in [-0.15, -0.1) is 0 Å². The van der Waals surface area contributed by atoms with Gasteiger partial charge in [-0.05, 0) is 59.5 Å². The van der Waals surface area contributed by atoms with Crippen LogP contribution in [0.5, 0.6) is 5.75 Å². The molecule has 1 amide bonds. The number of carbonyl (C=O) groups is 1. The number of ether oxygens (including phenoxy) is 1. The molecule has 0 spiro atoms. The van der Waals surface area contributed by atoms with Gasteiger partial charge in [-0.1, -0.05) is 66.7 Å². The van der Waals surface area contributed by atoms with E-state index in [4.69, 9.17) is 16.3 Å². The van der Waals surface area contributed by atoms with Crippen molar-refractivity contribution in [3.8, 4) is 11.8 Å². The van der Waals surface area contributed by atoms with Crippen molar-refractivity contribution in [3.05, 3.63) is 105 Å². The highest BCUT2D eigenvalue weighted by Crippen LogP contribution is 2.43. The molecule has 2 aliphatic rings. The van der Waals surface area contributed by atoms with E-state index in [1.807, 2.05) is 48.5 Å². The van der Waals surface area contributed by atoms with Crippen LogP contribution in [-0.4, -0.2) is 23.4 Å². The number of aryl methyl sites for hydroxylation is 1. The van der Waals surface area contributed by atoms with Gasteiger partial charge in [0.15, 0.2) is 0 Å². The molecule has 182 valence electrons. The van der Waals surface area contributed by atoms with Crippen LogP contribution >= 0.6 is 23.4 Å². The molecular weight excluding hydrogens is 490 g/mol. The molecule has 0 N–H and O–H groups in total. The number of nitrogens with zero attached hydrogens (tertiary/aromatic N) is 3. The maximum Gasteiger partial charge on any atom is 0.229 e. The Balaban J connectivity index is 1.30. The Morgan fingerprint density at radius 2 is 1.72 bits per heavy atom. The predicted octanol–water partition coefficient (Wildman–Crippen LogP) is 6.70. The largest absolute Gasteiger partial charge is 0.489 e. The molecule has 5 nitrogen and oxygen atoms in total. The highest BCUT2D eigenvalue weighted by Gasteiger charge is 2.38. The normalized spacial score (nSPS) is 17.6. The SMILES string of the molecule is CCc1ccc(N2CSC3=C(C#N)[C@H](c4ccc(OCc5ccc(Cl)cc5)cc4)CC(=O)N3C2)cc1. The molecule has 1 atom stereocenters. The van der Waals surface area contributed by atoms with Gasteiger partial charge in [-0.2, -0.15) is 5.26 Å². The zero-order chi connectivity index (χ0) is 25.1. The Hall–Kier alpha value is -3.40. The lowest BCUT2D eigenvalue weighted by Crippen LogP contribution is -2.47. The Kier molecular flexibility index (Phi) is 7.22. The molecule has 0 bridgehead atoms. The van der Waals surface area contributed by atoms with Crippen molar-refractivity contribution >= 4 is 35.0 Å². The van der Waals surface area contributed by atoms with E-state index in [0.717, 1.165) is 34.0 Å². The number of rotatable bonds is 6. The molecule has 1 saturated heterocycles. The zero-order valence-electron chi connectivity index (χ0n) is 20.0. The zero-order valence-corrected chi connectivity index (χ0v) is 21.6. The monoisotopic (exact) mass is 515 g/mol. The van der Waals surface area contributed by atoms with Crippen LogP contribution in [0.4, 0.5) is 5.69 Å². The predicted molar refractivity (Wildman–Crippen MR) is 145 cm³/mol. The molecule has 0 saturated carbocycles. The summed E-state index contributed by atoms with van der Waals surface area (Å²) in [6.45, 7) is 3.04. The van der Waals surface area contributed by atoms with Crippen molar-refractivity contribution in [2.24, 2.45) is 0 Å². The van der Waals surface area contributed by atoms with Gasteiger partial charge in [-0.3, -0.25) is 9.69 Å². The summed E-state index contributed by atoms with van der Waals surface area (Å²) in [5, 5.41) is 11.5. The molecule has 0 aromatic heterocycles. The summed E-state index contributed by atoms with van der Waals surface area (Å²) in [4.78, 5) is 17.1. The number of thioether (sulfide) groups is 1. The summed E-state index contributed by atoms with van der Waals surface area (Å²) in [7, 11) is 0. The molecule has 3 aromatic rings. The van der Waals surface area contributed by atoms with Crippen LogP contribution in [0.25, 0.3) is 0 Å². The minimum atomic E-state index is -0.248. The van der Waals surface area contributed by atoms with Crippen molar-refractivity contribution < 1.29 is 9.53 Å². The van der Waals surface area contributed by atoms with E-state index in [2.05, 4.69) is 42.2 Å². The molecule has 3 aromatic carbocycles. The minimum Gasteiger partial charge on any atom is -0.489 e. The molecule has 0 unspecified atom stereocenters. The Morgan fingerprint density at radius 3 is 2.39 bits per heavy atom. The van der Waals surface area contributed by atoms with Crippen LogP contribution in [0.1, 0.15) is 36.0 Å². The lowest BCUT2D eigenvalue weighted by molar-refractivity contribution is -0.129. The number of nitriles is 1. The fraction of sp³-hybridized carbons (Fsp3) is 0.241. The molecular formula is C29H26ClN3O2S. The first kappa shape index (κ1) is 24.3. The topological polar surface area (TPSA) is 56.6 Å². The molecule has 36 heavy (non-hydrogen) atoms. The van der Waals surface area contributed by atoms with E-state index in [0.29, 0.717) is 29.7 Å². The van der Waals surface area contributed by atoms with Crippen molar-refractivity contribution in [2.45, 2.75) is 32.3 Å². The Bertz CT molecular complexity index is 1310. The van der Waals surface area contributed by atoms with Crippen molar-refractivity contribution in [2.75, 3.05) is 17.4 Å². The molecule has 2 aliphatic heterocycles. The van der Waals surface area contributed by atoms with Gasteiger partial charge in [0.05, 0.1) is 29.2 Å². The summed E-state index contributed by atoms with van der Waals surface area (Å²) >= 11 is 7.50. The second-order valence-corrected chi connectivity index (χ2v) is 10.2. The van der Waals surface area contributed by atoms with Gasteiger partial charge in [-0.25, -0.2) is 0 Å². The first-order valence-corrected chi connectivity index (χ1v) is 13.3. The van der Waals surface area contributed by atoms with Crippen LogP contribution in [0.15, 0.2) is 83.4 Å². The average Bonchev–Trinajstić information content (AvgIpc) is 2.93. The lowest BCUT2D eigenvalue weighted by Gasteiger charge is -2.42. The number of hydrogen-bond acceptors (Lipinski definition) is 5. The third-order valence-electron chi connectivity index (χ3n) is 6.60. The van der Waals surface area contributed by atoms with Gasteiger partial charge in [0.2, 0.25) is 5.91 Å². The molecule has 1 fully saturated rings. The quantitative estimate of drug-likeness (QED) is 0.365. The first-order valence-electron chi connectivity index (χ1n) is 11.9. The summed E-state index contributed by atoms with van der Waals surface area (Å²) < 4.78 is 5.90. The van der Waals surface area contributed by atoms with Gasteiger partial charge in [0.1, 0.15) is 12.4 Å². The van der Waals surface area contributed by atoms with Crippen LogP contribution in [-0.2, 0) is 17.8 Å². The van der Waals surface area contributed by atoms with Crippen molar-refractivity contribution in [3.63, 3.8) is 0 Å². The van der Waals surface area contributed by atoms with E-state index in [1.165, 1.54) is 5.56 Å². The molecule has 0 aliphatic carbocycles. The number of halogens is 1. The molecule has 0 radical (unpaired) electrons. The number of carbonyl (C=O) groups excluding carboxylic acids is 1. The van der Waals surface area contributed by atoms with Gasteiger partial charge >= 0.3 is 0 Å². The van der Waals surface area contributed by atoms with E-state index in [9.17, 15) is 10.1 Å². The van der Waals surface area contributed by atoms with Crippen molar-refractivity contribution in [1.29, 1.82) is 5.26 Å². The third kappa shape index (κ3) is 5.09. The third-order valence-corrected chi connectivity index (χ3v) is 8.01. The van der Waals surface area contributed by atoms with Crippen LogP contribution in [0.3, 0.4) is 0 Å². The van der Waals surface area contributed by atoms with Gasteiger partial charge in [0.25, 0.3) is 0 Å². The second kappa shape index (κ2) is 10.7. The van der Waals surface area contributed by atoms with Gasteiger partial charge in [0, 0.05) is 23.0 Å². The Labute approximate surface area is 220 Å². The Morgan fingerprint density at radius 1 is 1.03 bits per heavy atom. The lowest BCUT2D eigenvalue weighted by atomic mass is 9.86. The van der Waals surface area contributed by atoms with E-state index < -0.39 is 0 Å². The van der Waals surface area contributed by atoms with Crippen LogP contribution < -0.4 is 9.64 Å². The number of hydrogen-bond donors (Lipinski definition) is 0. The van der Waals surface area contributed by atoms with Crippen LogP contribution in [0, 0.1) is 11.3 Å². The number of benzene rings is 3. The smallest absolute Gasteiger partial charge is 0.229 e. The van der Waals surface area contributed by atoms with E-state index >= 15 is 0 Å². The number of fused-ring (bicyclic) bond motifs is 1. The number of allylic oxidation sites excluding steroid dienone is 1. The van der Waals surface area contributed by atoms with Crippen LogP contribution in [0.2, 0.25) is 5.02 Å². The number of anilines is 1. The fourth-order valence-corrected chi connectivity index (χ4v) is 5.79. The minimum absolute atomic E-state index is 0.0412.